The molecule has 3 atom stereocenters. The van der Waals surface area contributed by atoms with Gasteiger partial charge in [0.25, 0.3) is 0 Å². The number of aliphatic hydroxyl groups is 1. The fourth-order valence-corrected chi connectivity index (χ4v) is 4.70. The second-order valence-corrected chi connectivity index (χ2v) is 7.04. The van der Waals surface area contributed by atoms with Gasteiger partial charge in [0.05, 0.1) is 12.7 Å². The number of methoxy groups -OCH3 is 1. The molecule has 3 heteroatoms. The summed E-state index contributed by atoms with van der Waals surface area (Å²) in [5.41, 5.74) is 0.700. The van der Waals surface area contributed by atoms with E-state index in [-0.39, 0.29) is 12.0 Å². The standard InChI is InChI=1S/C20H25NO2/c1-23-17-10-9-14-6-2-3-7-15(14)18(17)19-16-8-4-5-11-20(16,22)12-13-21-19/h2-3,6-7,9-10,16,19,21-22H,4-5,8,11-13H2,1H3/t16-,19-,20+/m1/s1. The van der Waals surface area contributed by atoms with Gasteiger partial charge in [0.15, 0.2) is 0 Å². The van der Waals surface area contributed by atoms with E-state index < -0.39 is 5.60 Å². The quantitative estimate of drug-likeness (QED) is 0.886. The maximum absolute atomic E-state index is 11.2. The van der Waals surface area contributed by atoms with Crippen LogP contribution in [0.3, 0.4) is 0 Å². The van der Waals surface area contributed by atoms with E-state index in [9.17, 15) is 5.11 Å². The van der Waals surface area contributed by atoms with Gasteiger partial charge in [0.2, 0.25) is 0 Å². The molecule has 2 N–H and O–H groups in total. The van der Waals surface area contributed by atoms with Gasteiger partial charge < -0.3 is 15.2 Å². The van der Waals surface area contributed by atoms with Crippen LogP contribution in [0.4, 0.5) is 0 Å². The number of hydrogen-bond acceptors (Lipinski definition) is 3. The minimum Gasteiger partial charge on any atom is -0.496 e. The van der Waals surface area contributed by atoms with Crippen LogP contribution >= 0.6 is 0 Å². The molecule has 0 aromatic heterocycles. The Balaban J connectivity index is 1.87. The average molecular weight is 311 g/mol. The maximum Gasteiger partial charge on any atom is 0.124 e. The summed E-state index contributed by atoms with van der Waals surface area (Å²) in [4.78, 5) is 0. The third-order valence-electron chi connectivity index (χ3n) is 5.85. The molecule has 0 radical (unpaired) electrons. The zero-order valence-electron chi connectivity index (χ0n) is 13.7. The molecule has 0 bridgehead atoms. The van der Waals surface area contributed by atoms with Crippen molar-refractivity contribution < 1.29 is 9.84 Å². The van der Waals surface area contributed by atoms with Crippen LogP contribution in [0.25, 0.3) is 10.8 Å². The van der Waals surface area contributed by atoms with Gasteiger partial charge in [0.1, 0.15) is 5.75 Å². The van der Waals surface area contributed by atoms with Gasteiger partial charge in [-0.2, -0.15) is 0 Å². The van der Waals surface area contributed by atoms with Crippen molar-refractivity contribution in [3.05, 3.63) is 42.0 Å². The van der Waals surface area contributed by atoms with Crippen LogP contribution in [0.15, 0.2) is 36.4 Å². The maximum atomic E-state index is 11.2. The molecule has 0 spiro atoms. The number of rotatable bonds is 2. The van der Waals surface area contributed by atoms with E-state index in [1.807, 2.05) is 0 Å². The molecular weight excluding hydrogens is 286 g/mol. The first kappa shape index (κ1) is 15.0. The van der Waals surface area contributed by atoms with E-state index >= 15 is 0 Å². The number of piperidine rings is 1. The first-order valence-electron chi connectivity index (χ1n) is 8.74. The first-order chi connectivity index (χ1) is 11.2. The summed E-state index contributed by atoms with van der Waals surface area (Å²) >= 11 is 0. The van der Waals surface area contributed by atoms with Gasteiger partial charge in [0, 0.05) is 17.5 Å². The Morgan fingerprint density at radius 2 is 2.00 bits per heavy atom. The number of fused-ring (bicyclic) bond motifs is 2. The minimum atomic E-state index is -0.518. The summed E-state index contributed by atoms with van der Waals surface area (Å²) in [6.07, 6.45) is 5.23. The normalized spacial score (nSPS) is 30.9. The summed E-state index contributed by atoms with van der Waals surface area (Å²) in [7, 11) is 1.74. The Kier molecular flexibility index (Phi) is 3.78. The fourth-order valence-electron chi connectivity index (χ4n) is 4.70. The highest BCUT2D eigenvalue weighted by atomic mass is 16.5. The zero-order chi connectivity index (χ0) is 15.9. The van der Waals surface area contributed by atoms with Crippen LogP contribution in [0, 0.1) is 5.92 Å². The lowest BCUT2D eigenvalue weighted by Gasteiger charge is -2.48. The highest BCUT2D eigenvalue weighted by Gasteiger charge is 2.46. The second-order valence-electron chi connectivity index (χ2n) is 7.04. The largest absolute Gasteiger partial charge is 0.496 e. The van der Waals surface area contributed by atoms with E-state index in [1.165, 1.54) is 22.8 Å². The molecule has 0 unspecified atom stereocenters. The van der Waals surface area contributed by atoms with Crippen molar-refractivity contribution in [1.29, 1.82) is 0 Å². The van der Waals surface area contributed by atoms with Gasteiger partial charge >= 0.3 is 0 Å². The number of hydrogen-bond donors (Lipinski definition) is 2. The van der Waals surface area contributed by atoms with Crippen LogP contribution in [0.2, 0.25) is 0 Å². The summed E-state index contributed by atoms with van der Waals surface area (Å²) < 4.78 is 5.70. The number of ether oxygens (including phenoxy) is 1. The first-order valence-corrected chi connectivity index (χ1v) is 8.74. The Hall–Kier alpha value is -1.58. The number of nitrogens with one attached hydrogen (secondary N) is 1. The lowest BCUT2D eigenvalue weighted by Crippen LogP contribution is -2.53. The predicted octanol–water partition coefficient (Wildman–Crippen LogP) is 3.80. The van der Waals surface area contributed by atoms with Gasteiger partial charge in [-0.05, 0) is 42.6 Å². The molecule has 23 heavy (non-hydrogen) atoms. The molecule has 1 saturated heterocycles. The van der Waals surface area contributed by atoms with Crippen molar-refractivity contribution in [2.45, 2.75) is 43.7 Å². The summed E-state index contributed by atoms with van der Waals surface area (Å²) in [5, 5.41) is 17.3. The zero-order valence-corrected chi connectivity index (χ0v) is 13.7. The van der Waals surface area contributed by atoms with Crippen molar-refractivity contribution in [3.8, 4) is 5.75 Å². The van der Waals surface area contributed by atoms with E-state index in [0.29, 0.717) is 0 Å². The fraction of sp³-hybridized carbons (Fsp3) is 0.500. The molecule has 1 aliphatic carbocycles. The van der Waals surface area contributed by atoms with Crippen molar-refractivity contribution in [2.24, 2.45) is 5.92 Å². The minimum absolute atomic E-state index is 0.162. The van der Waals surface area contributed by atoms with Gasteiger partial charge in [-0.1, -0.05) is 43.2 Å². The van der Waals surface area contributed by atoms with Crippen LogP contribution in [-0.4, -0.2) is 24.4 Å². The molecule has 1 aliphatic heterocycles. The van der Waals surface area contributed by atoms with Gasteiger partial charge in [-0.15, -0.1) is 0 Å². The molecule has 2 aromatic rings. The third-order valence-corrected chi connectivity index (χ3v) is 5.85. The Morgan fingerprint density at radius 1 is 1.13 bits per heavy atom. The van der Waals surface area contributed by atoms with Crippen LogP contribution in [0.1, 0.15) is 43.7 Å². The molecule has 3 nitrogen and oxygen atoms in total. The summed E-state index contributed by atoms with van der Waals surface area (Å²) in [6, 6.07) is 12.8. The van der Waals surface area contributed by atoms with E-state index in [2.05, 4.69) is 41.7 Å². The van der Waals surface area contributed by atoms with Crippen LogP contribution in [0.5, 0.6) is 5.75 Å². The highest BCUT2D eigenvalue weighted by molar-refractivity contribution is 5.88. The van der Waals surface area contributed by atoms with Crippen molar-refractivity contribution in [1.82, 2.24) is 5.32 Å². The Morgan fingerprint density at radius 3 is 2.87 bits per heavy atom. The molecule has 2 fully saturated rings. The molecule has 4 rings (SSSR count). The molecular formula is C20H25NO2. The smallest absolute Gasteiger partial charge is 0.124 e. The Bertz CT molecular complexity index is 710. The molecule has 122 valence electrons. The summed E-state index contributed by atoms with van der Waals surface area (Å²) in [5.74, 6) is 1.20. The highest BCUT2D eigenvalue weighted by Crippen LogP contribution is 2.48. The SMILES string of the molecule is COc1ccc2ccccc2c1[C@@H]1NCC[C@@]2(O)CCCC[C@H]12. The average Bonchev–Trinajstić information content (AvgIpc) is 2.59. The van der Waals surface area contributed by atoms with Gasteiger partial charge in [-0.3, -0.25) is 0 Å². The van der Waals surface area contributed by atoms with Crippen molar-refractivity contribution in [2.75, 3.05) is 13.7 Å². The second kappa shape index (κ2) is 5.81. The van der Waals surface area contributed by atoms with E-state index in [1.54, 1.807) is 7.11 Å². The third kappa shape index (κ3) is 2.43. The summed E-state index contributed by atoms with van der Waals surface area (Å²) in [6.45, 7) is 0.865. The molecule has 1 heterocycles. The van der Waals surface area contributed by atoms with E-state index in [4.69, 9.17) is 4.74 Å². The van der Waals surface area contributed by atoms with Crippen molar-refractivity contribution >= 4 is 10.8 Å². The van der Waals surface area contributed by atoms with Crippen molar-refractivity contribution in [3.63, 3.8) is 0 Å². The van der Waals surface area contributed by atoms with Crippen LogP contribution in [-0.2, 0) is 0 Å². The molecule has 0 amide bonds. The monoisotopic (exact) mass is 311 g/mol. The number of benzene rings is 2. The molecule has 2 aromatic carbocycles. The lowest BCUT2D eigenvalue weighted by molar-refractivity contribution is -0.0861. The van der Waals surface area contributed by atoms with Gasteiger partial charge in [-0.25, -0.2) is 0 Å². The Labute approximate surface area is 137 Å². The predicted molar refractivity (Wildman–Crippen MR) is 92.8 cm³/mol. The molecule has 2 aliphatic rings. The molecule has 1 saturated carbocycles. The topological polar surface area (TPSA) is 41.5 Å². The lowest BCUT2D eigenvalue weighted by atomic mass is 9.66. The van der Waals surface area contributed by atoms with E-state index in [0.717, 1.165) is 38.0 Å². The van der Waals surface area contributed by atoms with Crippen LogP contribution < -0.4 is 10.1 Å².